The number of unbranched alkanes of at least 4 members (excludes halogenated alkanes) is 1. The Bertz CT molecular complexity index is 631. The molecule has 0 unspecified atom stereocenters. The summed E-state index contributed by atoms with van der Waals surface area (Å²) >= 11 is 1.57. The third kappa shape index (κ3) is 5.99. The summed E-state index contributed by atoms with van der Waals surface area (Å²) in [6.07, 6.45) is 4.46. The second-order valence-corrected chi connectivity index (χ2v) is 6.63. The zero-order valence-electron chi connectivity index (χ0n) is 13.4. The first-order valence-corrected chi connectivity index (χ1v) is 8.73. The fourth-order valence-corrected chi connectivity index (χ4v) is 3.38. The van der Waals surface area contributed by atoms with Gasteiger partial charge in [0.15, 0.2) is 5.78 Å². The van der Waals surface area contributed by atoms with Gasteiger partial charge in [0.2, 0.25) is 0 Å². The van der Waals surface area contributed by atoms with Crippen molar-refractivity contribution in [2.75, 3.05) is 7.11 Å². The second kappa shape index (κ2) is 9.26. The molecule has 0 spiro atoms. The van der Waals surface area contributed by atoms with E-state index < -0.39 is 0 Å². The fourth-order valence-electron chi connectivity index (χ4n) is 2.36. The highest BCUT2D eigenvalue weighted by Crippen LogP contribution is 2.21. The summed E-state index contributed by atoms with van der Waals surface area (Å²) in [4.78, 5) is 25.3. The van der Waals surface area contributed by atoms with E-state index >= 15 is 0 Å². The smallest absolute Gasteiger partial charge is 0.305 e. The maximum atomic E-state index is 12.2. The average molecular weight is 330 g/mol. The van der Waals surface area contributed by atoms with Gasteiger partial charge in [0.1, 0.15) is 0 Å². The number of rotatable bonds is 9. The molecule has 2 aromatic rings. The summed E-state index contributed by atoms with van der Waals surface area (Å²) in [5, 5.41) is 0. The number of carbonyl (C=O) groups is 2. The molecule has 1 aromatic carbocycles. The van der Waals surface area contributed by atoms with Crippen LogP contribution < -0.4 is 0 Å². The van der Waals surface area contributed by atoms with E-state index in [-0.39, 0.29) is 11.8 Å². The average Bonchev–Trinajstić information content (AvgIpc) is 3.06. The maximum Gasteiger partial charge on any atom is 0.305 e. The predicted molar refractivity (Wildman–Crippen MR) is 93.0 cm³/mol. The normalized spacial score (nSPS) is 10.5. The molecule has 0 aliphatic heterocycles. The lowest BCUT2D eigenvalue weighted by Crippen LogP contribution is -1.99. The molecule has 0 saturated carbocycles. The van der Waals surface area contributed by atoms with E-state index in [9.17, 15) is 9.59 Å². The highest BCUT2D eigenvalue weighted by Gasteiger charge is 2.10. The molecule has 2 rings (SSSR count). The molecule has 1 heterocycles. The Morgan fingerprint density at radius 1 is 0.957 bits per heavy atom. The number of esters is 1. The molecular formula is C19H22O3S. The van der Waals surface area contributed by atoms with Gasteiger partial charge >= 0.3 is 5.97 Å². The topological polar surface area (TPSA) is 43.4 Å². The van der Waals surface area contributed by atoms with E-state index in [2.05, 4.69) is 16.9 Å². The minimum Gasteiger partial charge on any atom is -0.469 e. The summed E-state index contributed by atoms with van der Waals surface area (Å²) in [5.74, 6) is 0.0487. The van der Waals surface area contributed by atoms with Crippen molar-refractivity contribution >= 4 is 23.1 Å². The molecule has 0 radical (unpaired) electrons. The van der Waals surface area contributed by atoms with Gasteiger partial charge in [-0.05, 0) is 43.4 Å². The van der Waals surface area contributed by atoms with Crippen LogP contribution in [0.4, 0.5) is 0 Å². The van der Waals surface area contributed by atoms with Gasteiger partial charge in [0, 0.05) is 17.7 Å². The van der Waals surface area contributed by atoms with Gasteiger partial charge in [-0.3, -0.25) is 9.59 Å². The van der Waals surface area contributed by atoms with Crippen molar-refractivity contribution in [3.8, 4) is 0 Å². The van der Waals surface area contributed by atoms with Crippen LogP contribution in [0.25, 0.3) is 0 Å². The summed E-state index contributed by atoms with van der Waals surface area (Å²) in [7, 11) is 1.41. The van der Waals surface area contributed by atoms with Crippen LogP contribution in [-0.2, 0) is 22.4 Å². The molecule has 0 aliphatic carbocycles. The van der Waals surface area contributed by atoms with Crippen molar-refractivity contribution in [3.63, 3.8) is 0 Å². The van der Waals surface area contributed by atoms with E-state index in [0.29, 0.717) is 12.8 Å². The number of ether oxygens (including phenoxy) is 1. The number of hydrogen-bond acceptors (Lipinski definition) is 4. The summed E-state index contributed by atoms with van der Waals surface area (Å²) in [6, 6.07) is 14.0. The number of thiophene rings is 1. The molecule has 23 heavy (non-hydrogen) atoms. The van der Waals surface area contributed by atoms with Crippen molar-refractivity contribution < 1.29 is 14.3 Å². The van der Waals surface area contributed by atoms with Crippen LogP contribution in [0.5, 0.6) is 0 Å². The number of benzene rings is 1. The lowest BCUT2D eigenvalue weighted by atomic mass is 10.1. The van der Waals surface area contributed by atoms with Crippen LogP contribution in [0.3, 0.4) is 0 Å². The standard InChI is InChI=1S/C19H22O3S/c1-22-19(21)10-6-5-9-16-12-14-18(23-16)17(20)13-11-15-7-3-2-4-8-15/h2-4,7-8,12,14H,5-6,9-11,13H2,1H3. The quantitative estimate of drug-likeness (QED) is 0.387. The van der Waals surface area contributed by atoms with Gasteiger partial charge < -0.3 is 4.74 Å². The molecule has 3 nitrogen and oxygen atoms in total. The highest BCUT2D eigenvalue weighted by atomic mass is 32.1. The van der Waals surface area contributed by atoms with E-state index in [1.165, 1.54) is 17.6 Å². The largest absolute Gasteiger partial charge is 0.469 e. The van der Waals surface area contributed by atoms with E-state index in [4.69, 9.17) is 0 Å². The molecule has 0 saturated heterocycles. The number of hydrogen-bond donors (Lipinski definition) is 0. The summed E-state index contributed by atoms with van der Waals surface area (Å²) in [6.45, 7) is 0. The van der Waals surface area contributed by atoms with Gasteiger partial charge in [0.25, 0.3) is 0 Å². The van der Waals surface area contributed by atoms with Gasteiger partial charge in [-0.25, -0.2) is 0 Å². The first-order valence-electron chi connectivity index (χ1n) is 7.91. The summed E-state index contributed by atoms with van der Waals surface area (Å²) in [5.41, 5.74) is 1.19. The minimum absolute atomic E-state index is 0.159. The van der Waals surface area contributed by atoms with Gasteiger partial charge in [-0.15, -0.1) is 11.3 Å². The number of Topliss-reactive ketones (excluding diaryl/α,β-unsaturated/α-hetero) is 1. The van der Waals surface area contributed by atoms with Crippen LogP contribution >= 0.6 is 11.3 Å². The molecule has 0 amide bonds. The van der Waals surface area contributed by atoms with E-state index in [1.807, 2.05) is 30.3 Å². The van der Waals surface area contributed by atoms with Crippen LogP contribution in [0.15, 0.2) is 42.5 Å². The first-order chi connectivity index (χ1) is 11.2. The third-order valence-electron chi connectivity index (χ3n) is 3.70. The van der Waals surface area contributed by atoms with Gasteiger partial charge in [-0.2, -0.15) is 0 Å². The molecular weight excluding hydrogens is 308 g/mol. The Hall–Kier alpha value is -1.94. The van der Waals surface area contributed by atoms with E-state index in [1.54, 1.807) is 11.3 Å². The zero-order valence-corrected chi connectivity index (χ0v) is 14.2. The van der Waals surface area contributed by atoms with Crippen molar-refractivity contribution in [2.24, 2.45) is 0 Å². The molecule has 0 fully saturated rings. The highest BCUT2D eigenvalue weighted by molar-refractivity contribution is 7.14. The Balaban J connectivity index is 1.75. The second-order valence-electron chi connectivity index (χ2n) is 5.46. The third-order valence-corrected chi connectivity index (χ3v) is 4.89. The number of methoxy groups -OCH3 is 1. The van der Waals surface area contributed by atoms with Crippen LogP contribution in [0.2, 0.25) is 0 Å². The number of aryl methyl sites for hydroxylation is 2. The lowest BCUT2D eigenvalue weighted by Gasteiger charge is -2.00. The van der Waals surface area contributed by atoms with Crippen molar-refractivity contribution in [3.05, 3.63) is 57.8 Å². The van der Waals surface area contributed by atoms with Crippen LogP contribution in [0, 0.1) is 0 Å². The minimum atomic E-state index is -0.159. The van der Waals surface area contributed by atoms with Gasteiger partial charge in [0.05, 0.1) is 12.0 Å². The monoisotopic (exact) mass is 330 g/mol. The molecule has 4 heteroatoms. The van der Waals surface area contributed by atoms with Gasteiger partial charge in [-0.1, -0.05) is 30.3 Å². The lowest BCUT2D eigenvalue weighted by molar-refractivity contribution is -0.140. The Kier molecular flexibility index (Phi) is 7.01. The van der Waals surface area contributed by atoms with Crippen molar-refractivity contribution in [2.45, 2.75) is 38.5 Å². The number of carbonyl (C=O) groups excluding carboxylic acids is 2. The maximum absolute atomic E-state index is 12.2. The molecule has 0 aliphatic rings. The van der Waals surface area contributed by atoms with Crippen LogP contribution in [0.1, 0.15) is 45.8 Å². The van der Waals surface area contributed by atoms with Crippen molar-refractivity contribution in [1.29, 1.82) is 0 Å². The molecule has 1 aromatic heterocycles. The molecule has 0 atom stereocenters. The Labute approximate surface area is 141 Å². The Morgan fingerprint density at radius 3 is 2.48 bits per heavy atom. The Morgan fingerprint density at radius 2 is 1.74 bits per heavy atom. The predicted octanol–water partition coefficient (Wildman–Crippen LogP) is 4.45. The van der Waals surface area contributed by atoms with Crippen LogP contribution in [-0.4, -0.2) is 18.9 Å². The molecule has 122 valence electrons. The summed E-state index contributed by atoms with van der Waals surface area (Å²) < 4.78 is 4.62. The zero-order chi connectivity index (χ0) is 16.5. The first kappa shape index (κ1) is 17.4. The van der Waals surface area contributed by atoms with E-state index in [0.717, 1.165) is 30.6 Å². The fraction of sp³-hybridized carbons (Fsp3) is 0.368. The molecule has 0 bridgehead atoms. The number of ketones is 1. The SMILES string of the molecule is COC(=O)CCCCc1ccc(C(=O)CCc2ccccc2)s1. The molecule has 0 N–H and O–H groups in total. The van der Waals surface area contributed by atoms with Crippen molar-refractivity contribution in [1.82, 2.24) is 0 Å².